The number of amides is 1. The van der Waals surface area contributed by atoms with Gasteiger partial charge in [-0.2, -0.15) is 13.2 Å². The van der Waals surface area contributed by atoms with Gasteiger partial charge in [0.1, 0.15) is 0 Å². The Balaban J connectivity index is 1.58. The number of halogens is 5. The first-order valence-corrected chi connectivity index (χ1v) is 12.9. The minimum Gasteiger partial charge on any atom is -0.325 e. The van der Waals surface area contributed by atoms with Crippen molar-refractivity contribution in [3.05, 3.63) is 87.9 Å². The van der Waals surface area contributed by atoms with Gasteiger partial charge in [-0.15, -0.1) is 11.8 Å². The molecule has 3 aromatic rings. The van der Waals surface area contributed by atoms with Crippen molar-refractivity contribution in [1.29, 1.82) is 0 Å². The van der Waals surface area contributed by atoms with Crippen molar-refractivity contribution >= 4 is 62.3 Å². The average Bonchev–Trinajstić information content (AvgIpc) is 2.76. The number of nitrogens with one attached hydrogen (secondary N) is 2. The summed E-state index contributed by atoms with van der Waals surface area (Å²) in [6, 6.07) is 15.2. The first-order chi connectivity index (χ1) is 15.9. The molecule has 0 fully saturated rings. The molecule has 0 spiro atoms. The lowest BCUT2D eigenvalue weighted by atomic mass is 10.2. The molecule has 0 aliphatic rings. The van der Waals surface area contributed by atoms with Crippen molar-refractivity contribution in [2.45, 2.75) is 16.8 Å². The van der Waals surface area contributed by atoms with E-state index in [-0.39, 0.29) is 22.2 Å². The molecule has 0 unspecified atom stereocenters. The maximum absolute atomic E-state index is 13.0. The second-order valence-electron chi connectivity index (χ2n) is 6.99. The SMILES string of the molecule is O=C(CSCc1ccc(Cl)cc1)Nc1ccc(S(=O)(=O)Nc2ccc(Cl)c(C(F)(F)F)c2)cc1. The number of alkyl halides is 3. The summed E-state index contributed by atoms with van der Waals surface area (Å²) < 4.78 is 66.2. The Hall–Kier alpha value is -2.40. The lowest BCUT2D eigenvalue weighted by molar-refractivity contribution is -0.137. The van der Waals surface area contributed by atoms with Crippen LogP contribution in [0.1, 0.15) is 11.1 Å². The number of benzene rings is 3. The maximum atomic E-state index is 13.0. The molecule has 0 bridgehead atoms. The third-order valence-electron chi connectivity index (χ3n) is 4.39. The summed E-state index contributed by atoms with van der Waals surface area (Å²) in [6.45, 7) is 0. The van der Waals surface area contributed by atoms with Crippen molar-refractivity contribution in [2.24, 2.45) is 0 Å². The lowest BCUT2D eigenvalue weighted by Crippen LogP contribution is -2.16. The Bertz CT molecular complexity index is 1270. The van der Waals surface area contributed by atoms with E-state index in [0.29, 0.717) is 22.5 Å². The van der Waals surface area contributed by atoms with E-state index in [0.717, 1.165) is 17.7 Å². The van der Waals surface area contributed by atoms with Crippen LogP contribution in [0, 0.1) is 0 Å². The quantitative estimate of drug-likeness (QED) is 0.329. The van der Waals surface area contributed by atoms with Crippen molar-refractivity contribution in [3.8, 4) is 0 Å². The third-order valence-corrected chi connectivity index (χ3v) is 7.37. The molecule has 0 radical (unpaired) electrons. The molecule has 3 aromatic carbocycles. The van der Waals surface area contributed by atoms with Crippen LogP contribution in [0.4, 0.5) is 24.5 Å². The number of hydrogen-bond acceptors (Lipinski definition) is 4. The highest BCUT2D eigenvalue weighted by atomic mass is 35.5. The Morgan fingerprint density at radius 3 is 2.15 bits per heavy atom. The maximum Gasteiger partial charge on any atom is 0.417 e. The van der Waals surface area contributed by atoms with E-state index >= 15 is 0 Å². The fraction of sp³-hybridized carbons (Fsp3) is 0.136. The van der Waals surface area contributed by atoms with E-state index in [9.17, 15) is 26.4 Å². The molecule has 1 amide bonds. The van der Waals surface area contributed by atoms with Gasteiger partial charge < -0.3 is 5.32 Å². The first-order valence-electron chi connectivity index (χ1n) is 9.56. The predicted molar refractivity (Wildman–Crippen MR) is 130 cm³/mol. The minimum absolute atomic E-state index is 0.183. The van der Waals surface area contributed by atoms with E-state index < -0.39 is 26.8 Å². The molecule has 3 rings (SSSR count). The normalized spacial score (nSPS) is 11.8. The Morgan fingerprint density at radius 2 is 1.53 bits per heavy atom. The zero-order chi connectivity index (χ0) is 24.9. The predicted octanol–water partition coefficient (Wildman–Crippen LogP) is 6.68. The summed E-state index contributed by atoms with van der Waals surface area (Å²) in [6.07, 6.45) is -4.73. The fourth-order valence-electron chi connectivity index (χ4n) is 2.78. The molecular weight excluding hydrogens is 532 g/mol. The van der Waals surface area contributed by atoms with Crippen LogP contribution >= 0.6 is 35.0 Å². The number of anilines is 2. The molecule has 0 heterocycles. The number of carbonyl (C=O) groups excluding carboxylic acids is 1. The Kier molecular flexibility index (Phi) is 8.40. The van der Waals surface area contributed by atoms with Crippen molar-refractivity contribution in [1.82, 2.24) is 0 Å². The number of thioether (sulfide) groups is 1. The number of hydrogen-bond donors (Lipinski definition) is 2. The van der Waals surface area contributed by atoms with E-state index in [1.165, 1.54) is 36.0 Å². The monoisotopic (exact) mass is 548 g/mol. The minimum atomic E-state index is -4.73. The molecule has 34 heavy (non-hydrogen) atoms. The molecule has 0 aliphatic carbocycles. The molecule has 0 saturated carbocycles. The summed E-state index contributed by atoms with van der Waals surface area (Å²) in [5, 5.41) is 2.75. The molecule has 2 N–H and O–H groups in total. The van der Waals surface area contributed by atoms with E-state index in [1.54, 1.807) is 12.1 Å². The molecule has 0 aliphatic heterocycles. The summed E-state index contributed by atoms with van der Waals surface area (Å²) in [5.74, 6) is 0.532. The van der Waals surface area contributed by atoms with Gasteiger partial charge in [0.15, 0.2) is 0 Å². The van der Waals surface area contributed by atoms with Gasteiger partial charge >= 0.3 is 6.18 Å². The van der Waals surface area contributed by atoms with Gasteiger partial charge in [-0.05, 0) is 60.2 Å². The highest BCUT2D eigenvalue weighted by molar-refractivity contribution is 7.99. The molecule has 5 nitrogen and oxygen atoms in total. The van der Waals surface area contributed by atoms with Crippen LogP contribution in [0.2, 0.25) is 10.0 Å². The van der Waals surface area contributed by atoms with Gasteiger partial charge in [0.2, 0.25) is 5.91 Å². The summed E-state index contributed by atoms with van der Waals surface area (Å²) in [4.78, 5) is 11.9. The van der Waals surface area contributed by atoms with Gasteiger partial charge in [-0.25, -0.2) is 8.42 Å². The van der Waals surface area contributed by atoms with E-state index in [2.05, 4.69) is 10.0 Å². The van der Waals surface area contributed by atoms with Crippen LogP contribution in [-0.2, 0) is 26.7 Å². The van der Waals surface area contributed by atoms with Crippen LogP contribution in [0.3, 0.4) is 0 Å². The van der Waals surface area contributed by atoms with Gasteiger partial charge in [-0.1, -0.05) is 35.3 Å². The standard InChI is InChI=1S/C22H17Cl2F3N2O3S2/c23-15-3-1-14(2-4-15)12-33-13-21(30)28-16-5-8-18(9-6-16)34(31,32)29-17-7-10-20(24)19(11-17)22(25,26)27/h1-11,29H,12-13H2,(H,28,30). The zero-order valence-electron chi connectivity index (χ0n) is 17.2. The summed E-state index contributed by atoms with van der Waals surface area (Å²) in [5.41, 5.74) is -0.0395. The largest absolute Gasteiger partial charge is 0.417 e. The van der Waals surface area contributed by atoms with Crippen LogP contribution < -0.4 is 10.0 Å². The summed E-state index contributed by atoms with van der Waals surface area (Å²) in [7, 11) is -4.17. The molecule has 12 heteroatoms. The van der Waals surface area contributed by atoms with Crippen LogP contribution in [0.5, 0.6) is 0 Å². The fourth-order valence-corrected chi connectivity index (χ4v) is 4.96. The van der Waals surface area contributed by atoms with Crippen LogP contribution in [0.15, 0.2) is 71.6 Å². The number of carbonyl (C=O) groups is 1. The van der Waals surface area contributed by atoms with Crippen LogP contribution in [0.25, 0.3) is 0 Å². The topological polar surface area (TPSA) is 75.3 Å². The zero-order valence-corrected chi connectivity index (χ0v) is 20.3. The number of rotatable bonds is 8. The highest BCUT2D eigenvalue weighted by Gasteiger charge is 2.33. The van der Waals surface area contributed by atoms with Crippen molar-refractivity contribution < 1.29 is 26.4 Å². The highest BCUT2D eigenvalue weighted by Crippen LogP contribution is 2.36. The van der Waals surface area contributed by atoms with E-state index in [4.69, 9.17) is 23.2 Å². The average molecular weight is 549 g/mol. The molecular formula is C22H17Cl2F3N2O3S2. The van der Waals surface area contributed by atoms with Gasteiger partial charge in [0, 0.05) is 22.2 Å². The Morgan fingerprint density at radius 1 is 0.912 bits per heavy atom. The first kappa shape index (κ1) is 26.2. The van der Waals surface area contributed by atoms with Crippen molar-refractivity contribution in [3.63, 3.8) is 0 Å². The molecule has 180 valence electrons. The second-order valence-corrected chi connectivity index (χ2v) is 10.5. The molecule has 0 aromatic heterocycles. The second kappa shape index (κ2) is 10.9. The molecule has 0 saturated heterocycles. The summed E-state index contributed by atoms with van der Waals surface area (Å²) >= 11 is 12.8. The smallest absolute Gasteiger partial charge is 0.325 e. The number of sulfonamides is 1. The molecule has 0 atom stereocenters. The van der Waals surface area contributed by atoms with Gasteiger partial charge in [0.25, 0.3) is 10.0 Å². The Labute approximate surface area is 208 Å². The van der Waals surface area contributed by atoms with Crippen molar-refractivity contribution in [2.75, 3.05) is 15.8 Å². The van der Waals surface area contributed by atoms with Gasteiger partial charge in [-0.3, -0.25) is 9.52 Å². The third kappa shape index (κ3) is 7.30. The van der Waals surface area contributed by atoms with Crippen LogP contribution in [-0.4, -0.2) is 20.1 Å². The van der Waals surface area contributed by atoms with E-state index in [1.807, 2.05) is 12.1 Å². The van der Waals surface area contributed by atoms with Gasteiger partial charge in [0.05, 0.1) is 21.2 Å². The lowest BCUT2D eigenvalue weighted by Gasteiger charge is -2.13.